The van der Waals surface area contributed by atoms with E-state index in [0.29, 0.717) is 0 Å². The Bertz CT molecular complexity index is 268. The van der Waals surface area contributed by atoms with E-state index in [1.807, 2.05) is 30.1 Å². The van der Waals surface area contributed by atoms with Crippen molar-refractivity contribution in [1.82, 2.24) is 4.98 Å². The van der Waals surface area contributed by atoms with Crippen molar-refractivity contribution in [2.24, 2.45) is 0 Å². The summed E-state index contributed by atoms with van der Waals surface area (Å²) in [5.74, 6) is 2.14. The third-order valence-corrected chi connectivity index (χ3v) is 4.08. The van der Waals surface area contributed by atoms with Crippen molar-refractivity contribution in [3.8, 4) is 0 Å². The monoisotopic (exact) mass is 291 g/mol. The first-order valence-corrected chi connectivity index (χ1v) is 7.10. The van der Waals surface area contributed by atoms with Crippen molar-refractivity contribution in [2.75, 3.05) is 11.5 Å². The minimum Gasteiger partial charge on any atom is -0.249 e. The largest absolute Gasteiger partial charge is 0.249 e. The quantitative estimate of drug-likeness (QED) is 0.483. The summed E-state index contributed by atoms with van der Waals surface area (Å²) in [5.41, 5.74) is 0. The number of halogens is 1. The molecule has 0 aliphatic heterocycles. The van der Waals surface area contributed by atoms with Crippen LogP contribution in [0.4, 0.5) is 0 Å². The molecule has 78 valence electrons. The Hall–Kier alpha value is 0.330. The number of thiol groups is 1. The van der Waals surface area contributed by atoms with E-state index >= 15 is 0 Å². The standard InChI is InChI=1S/C10H14BrNS2/c11-9-5-4-6-12-10(9)14-8-3-1-2-7-13/h4-6,13H,1-3,7-8H2. The van der Waals surface area contributed by atoms with Crippen LogP contribution in [-0.2, 0) is 0 Å². The van der Waals surface area contributed by atoms with Crippen molar-refractivity contribution in [3.05, 3.63) is 22.8 Å². The summed E-state index contributed by atoms with van der Waals surface area (Å²) in [6.45, 7) is 0. The number of thioether (sulfide) groups is 1. The van der Waals surface area contributed by atoms with E-state index in [1.54, 1.807) is 0 Å². The van der Waals surface area contributed by atoms with Gasteiger partial charge in [0.1, 0.15) is 5.03 Å². The van der Waals surface area contributed by atoms with Crippen LogP contribution < -0.4 is 0 Å². The highest BCUT2D eigenvalue weighted by atomic mass is 79.9. The zero-order valence-electron chi connectivity index (χ0n) is 7.95. The number of hydrogen-bond acceptors (Lipinski definition) is 3. The fourth-order valence-electron chi connectivity index (χ4n) is 1.04. The number of pyridine rings is 1. The highest BCUT2D eigenvalue weighted by Crippen LogP contribution is 2.25. The van der Waals surface area contributed by atoms with E-state index in [0.717, 1.165) is 21.0 Å². The Morgan fingerprint density at radius 3 is 2.93 bits per heavy atom. The molecule has 1 aromatic heterocycles. The Labute approximate surface area is 104 Å². The minimum absolute atomic E-state index is 0.998. The van der Waals surface area contributed by atoms with E-state index in [4.69, 9.17) is 0 Å². The van der Waals surface area contributed by atoms with Gasteiger partial charge in [-0.2, -0.15) is 12.6 Å². The van der Waals surface area contributed by atoms with Crippen molar-refractivity contribution in [1.29, 1.82) is 0 Å². The van der Waals surface area contributed by atoms with Crippen molar-refractivity contribution >= 4 is 40.3 Å². The van der Waals surface area contributed by atoms with Gasteiger partial charge in [0.25, 0.3) is 0 Å². The van der Waals surface area contributed by atoms with E-state index in [-0.39, 0.29) is 0 Å². The maximum Gasteiger partial charge on any atom is 0.110 e. The van der Waals surface area contributed by atoms with Gasteiger partial charge in [-0.1, -0.05) is 6.42 Å². The molecule has 0 bridgehead atoms. The van der Waals surface area contributed by atoms with E-state index < -0.39 is 0 Å². The summed E-state index contributed by atoms with van der Waals surface area (Å²) in [4.78, 5) is 4.30. The molecule has 0 fully saturated rings. The van der Waals surface area contributed by atoms with Gasteiger partial charge in [0, 0.05) is 10.7 Å². The maximum atomic E-state index is 4.30. The molecule has 0 unspecified atom stereocenters. The number of hydrogen-bond donors (Lipinski definition) is 1. The summed E-state index contributed by atoms with van der Waals surface area (Å²) >= 11 is 9.48. The van der Waals surface area contributed by atoms with Crippen LogP contribution in [-0.4, -0.2) is 16.5 Å². The second-order valence-electron chi connectivity index (χ2n) is 2.92. The third-order valence-electron chi connectivity index (χ3n) is 1.77. The van der Waals surface area contributed by atoms with Crippen LogP contribution >= 0.6 is 40.3 Å². The van der Waals surface area contributed by atoms with Crippen LogP contribution in [0.25, 0.3) is 0 Å². The molecule has 0 aliphatic rings. The van der Waals surface area contributed by atoms with Crippen LogP contribution in [0.3, 0.4) is 0 Å². The Balaban J connectivity index is 2.21. The lowest BCUT2D eigenvalue weighted by Gasteiger charge is -2.02. The summed E-state index contributed by atoms with van der Waals surface area (Å²) < 4.78 is 1.10. The first-order chi connectivity index (χ1) is 6.84. The molecule has 1 aromatic rings. The third kappa shape index (κ3) is 4.71. The molecule has 1 heterocycles. The molecule has 14 heavy (non-hydrogen) atoms. The molecule has 0 N–H and O–H groups in total. The fraction of sp³-hybridized carbons (Fsp3) is 0.500. The number of aromatic nitrogens is 1. The molecule has 4 heteroatoms. The number of unbranched alkanes of at least 4 members (excludes halogenated alkanes) is 2. The fourth-order valence-corrected chi connectivity index (χ4v) is 2.74. The average molecular weight is 292 g/mol. The lowest BCUT2D eigenvalue weighted by molar-refractivity contribution is 0.786. The van der Waals surface area contributed by atoms with Gasteiger partial charge >= 0.3 is 0 Å². The van der Waals surface area contributed by atoms with Crippen LogP contribution in [0.15, 0.2) is 27.8 Å². The molecule has 0 atom stereocenters. The van der Waals surface area contributed by atoms with Crippen LogP contribution in [0.5, 0.6) is 0 Å². The van der Waals surface area contributed by atoms with Crippen LogP contribution in [0, 0.1) is 0 Å². The van der Waals surface area contributed by atoms with Gasteiger partial charge in [-0.15, -0.1) is 11.8 Å². The molecule has 1 rings (SSSR count). The van der Waals surface area contributed by atoms with Gasteiger partial charge in [0.05, 0.1) is 0 Å². The van der Waals surface area contributed by atoms with Gasteiger partial charge in [-0.05, 0) is 52.4 Å². The summed E-state index contributed by atoms with van der Waals surface area (Å²) in [5, 5.41) is 1.10. The van der Waals surface area contributed by atoms with Gasteiger partial charge in [-0.25, -0.2) is 4.98 Å². The Morgan fingerprint density at radius 2 is 2.21 bits per heavy atom. The highest BCUT2D eigenvalue weighted by molar-refractivity contribution is 9.10. The highest BCUT2D eigenvalue weighted by Gasteiger charge is 1.99. The molecule has 0 saturated heterocycles. The molecular weight excluding hydrogens is 278 g/mol. The number of rotatable bonds is 6. The van der Waals surface area contributed by atoms with Gasteiger partial charge < -0.3 is 0 Å². The summed E-state index contributed by atoms with van der Waals surface area (Å²) in [6.07, 6.45) is 5.56. The van der Waals surface area contributed by atoms with E-state index in [9.17, 15) is 0 Å². The predicted octanol–water partition coefficient (Wildman–Crippen LogP) is 4.04. The molecule has 0 saturated carbocycles. The molecule has 0 aliphatic carbocycles. The van der Waals surface area contributed by atoms with E-state index in [2.05, 4.69) is 33.5 Å². The molecular formula is C10H14BrNS2. The molecule has 0 amide bonds. The second-order valence-corrected chi connectivity index (χ2v) is 5.31. The molecule has 0 spiro atoms. The van der Waals surface area contributed by atoms with E-state index in [1.165, 1.54) is 19.3 Å². The molecule has 0 aromatic carbocycles. The minimum atomic E-state index is 0.998. The smallest absolute Gasteiger partial charge is 0.110 e. The second kappa shape index (κ2) is 7.60. The lowest BCUT2D eigenvalue weighted by atomic mass is 10.3. The SMILES string of the molecule is SCCCCCSc1ncccc1Br. The maximum absolute atomic E-state index is 4.30. The van der Waals surface area contributed by atoms with Crippen LogP contribution in [0.2, 0.25) is 0 Å². The Morgan fingerprint density at radius 1 is 1.36 bits per heavy atom. The van der Waals surface area contributed by atoms with Crippen LogP contribution in [0.1, 0.15) is 19.3 Å². The van der Waals surface area contributed by atoms with Crippen molar-refractivity contribution < 1.29 is 0 Å². The van der Waals surface area contributed by atoms with Crippen molar-refractivity contribution in [2.45, 2.75) is 24.3 Å². The summed E-state index contributed by atoms with van der Waals surface area (Å²) in [6, 6.07) is 3.97. The molecule has 1 nitrogen and oxygen atoms in total. The zero-order valence-corrected chi connectivity index (χ0v) is 11.2. The Kier molecular flexibility index (Phi) is 6.73. The lowest BCUT2D eigenvalue weighted by Crippen LogP contribution is -1.85. The predicted molar refractivity (Wildman–Crippen MR) is 70.4 cm³/mol. The normalized spacial score (nSPS) is 10.4. The zero-order chi connectivity index (χ0) is 10.2. The topological polar surface area (TPSA) is 12.9 Å². The van der Waals surface area contributed by atoms with Gasteiger partial charge in [0.15, 0.2) is 0 Å². The van der Waals surface area contributed by atoms with Gasteiger partial charge in [-0.3, -0.25) is 0 Å². The van der Waals surface area contributed by atoms with Crippen molar-refractivity contribution in [3.63, 3.8) is 0 Å². The first-order valence-electron chi connectivity index (χ1n) is 4.69. The van der Waals surface area contributed by atoms with Gasteiger partial charge in [0.2, 0.25) is 0 Å². The first kappa shape index (κ1) is 12.4. The summed E-state index contributed by atoms with van der Waals surface area (Å²) in [7, 11) is 0. The average Bonchev–Trinajstić information content (AvgIpc) is 2.20. The number of nitrogens with zero attached hydrogens (tertiary/aromatic N) is 1. The molecule has 0 radical (unpaired) electrons.